The second-order valence-corrected chi connectivity index (χ2v) is 7.25. The molecule has 1 fully saturated rings. The van der Waals surface area contributed by atoms with Gasteiger partial charge < -0.3 is 14.8 Å². The number of sulfonamides is 1. The van der Waals surface area contributed by atoms with Crippen molar-refractivity contribution in [2.24, 2.45) is 0 Å². The van der Waals surface area contributed by atoms with Crippen LogP contribution in [0.25, 0.3) is 0 Å². The molecule has 0 aromatic heterocycles. The molecule has 1 saturated heterocycles. The molecule has 2 rings (SSSR count). The highest BCUT2D eigenvalue weighted by Gasteiger charge is 2.31. The maximum Gasteiger partial charge on any atom is 0.243 e. The van der Waals surface area contributed by atoms with Crippen LogP contribution in [-0.4, -0.2) is 52.1 Å². The largest absolute Gasteiger partial charge is 0.493 e. The van der Waals surface area contributed by atoms with Crippen molar-refractivity contribution < 1.29 is 17.9 Å². The molecule has 1 aromatic rings. The van der Waals surface area contributed by atoms with E-state index in [1.165, 1.54) is 24.6 Å². The number of hydrogen-bond donors (Lipinski definition) is 1. The Hall–Kier alpha value is -1.02. The van der Waals surface area contributed by atoms with E-state index in [1.54, 1.807) is 12.1 Å². The fraction of sp³-hybridized carbons (Fsp3) is 0.571. The summed E-state index contributed by atoms with van der Waals surface area (Å²) >= 11 is 0. The zero-order valence-electron chi connectivity index (χ0n) is 13.2. The molecule has 1 aromatic carbocycles. The molecule has 1 aliphatic rings. The molecular formula is C14H23ClN2O4S. The zero-order valence-corrected chi connectivity index (χ0v) is 14.8. The van der Waals surface area contributed by atoms with Crippen molar-refractivity contribution in [1.82, 2.24) is 9.62 Å². The monoisotopic (exact) mass is 350 g/mol. The highest BCUT2D eigenvalue weighted by Crippen LogP contribution is 2.31. The topological polar surface area (TPSA) is 67.9 Å². The molecule has 0 amide bonds. The van der Waals surface area contributed by atoms with Crippen LogP contribution in [0.15, 0.2) is 23.1 Å². The summed E-state index contributed by atoms with van der Waals surface area (Å²) in [7, 11) is -0.519. The van der Waals surface area contributed by atoms with E-state index in [-0.39, 0.29) is 29.4 Å². The summed E-state index contributed by atoms with van der Waals surface area (Å²) in [5, 5.41) is 3.32. The summed E-state index contributed by atoms with van der Waals surface area (Å²) in [6, 6.07) is 4.92. The van der Waals surface area contributed by atoms with Gasteiger partial charge in [0.25, 0.3) is 0 Å². The number of benzene rings is 1. The molecule has 6 nitrogen and oxygen atoms in total. The van der Waals surface area contributed by atoms with Gasteiger partial charge in [-0.2, -0.15) is 4.31 Å². The predicted molar refractivity (Wildman–Crippen MR) is 87.6 cm³/mol. The molecule has 1 N–H and O–H groups in total. The third-order valence-electron chi connectivity index (χ3n) is 3.52. The number of ether oxygens (including phenoxy) is 2. The Bertz CT molecular complexity index is 599. The summed E-state index contributed by atoms with van der Waals surface area (Å²) in [5.41, 5.74) is 0. The number of hydrogen-bond acceptors (Lipinski definition) is 5. The van der Waals surface area contributed by atoms with Gasteiger partial charge in [-0.15, -0.1) is 12.4 Å². The summed E-state index contributed by atoms with van der Waals surface area (Å²) in [6.07, 6.45) is 0. The van der Waals surface area contributed by atoms with Gasteiger partial charge in [-0.1, -0.05) is 0 Å². The van der Waals surface area contributed by atoms with Gasteiger partial charge in [0.2, 0.25) is 10.0 Å². The third-order valence-corrected chi connectivity index (χ3v) is 5.34. The summed E-state index contributed by atoms with van der Waals surface area (Å²) < 4.78 is 37.3. The Balaban J connectivity index is 0.00000242. The normalized spacial score (nSPS) is 22.7. The Morgan fingerprint density at radius 3 is 2.14 bits per heavy atom. The van der Waals surface area contributed by atoms with E-state index in [0.29, 0.717) is 24.6 Å². The average Bonchev–Trinajstić information content (AvgIpc) is 2.45. The molecular weight excluding hydrogens is 328 g/mol. The molecule has 1 heterocycles. The lowest BCUT2D eigenvalue weighted by Crippen LogP contribution is -2.55. The first-order chi connectivity index (χ1) is 9.88. The van der Waals surface area contributed by atoms with Gasteiger partial charge in [-0.25, -0.2) is 8.42 Å². The van der Waals surface area contributed by atoms with Gasteiger partial charge in [0.15, 0.2) is 11.5 Å². The van der Waals surface area contributed by atoms with Crippen LogP contribution in [0.5, 0.6) is 11.5 Å². The molecule has 0 aliphatic carbocycles. The van der Waals surface area contributed by atoms with Crippen LogP contribution in [-0.2, 0) is 10.0 Å². The molecule has 22 heavy (non-hydrogen) atoms. The van der Waals surface area contributed by atoms with E-state index < -0.39 is 10.0 Å². The minimum atomic E-state index is -3.53. The predicted octanol–water partition coefficient (Wildman–Crippen LogP) is 1.50. The minimum Gasteiger partial charge on any atom is -0.493 e. The van der Waals surface area contributed by atoms with E-state index in [9.17, 15) is 8.42 Å². The van der Waals surface area contributed by atoms with Crippen LogP contribution in [0.4, 0.5) is 0 Å². The number of rotatable bonds is 4. The lowest BCUT2D eigenvalue weighted by atomic mass is 10.2. The Kier molecular flexibility index (Phi) is 6.49. The lowest BCUT2D eigenvalue weighted by molar-refractivity contribution is 0.263. The lowest BCUT2D eigenvalue weighted by Gasteiger charge is -2.35. The Morgan fingerprint density at radius 1 is 1.09 bits per heavy atom. The molecule has 0 saturated carbocycles. The highest BCUT2D eigenvalue weighted by molar-refractivity contribution is 7.89. The maximum atomic E-state index is 12.7. The van der Waals surface area contributed by atoms with Crippen molar-refractivity contribution in [3.63, 3.8) is 0 Å². The SMILES string of the molecule is COc1ccc(S(=O)(=O)N2CC(C)NC(C)C2)cc1OC.Cl. The van der Waals surface area contributed by atoms with Gasteiger partial charge in [0.1, 0.15) is 0 Å². The average molecular weight is 351 g/mol. The third kappa shape index (κ3) is 3.84. The fourth-order valence-corrected chi connectivity index (χ4v) is 4.23. The summed E-state index contributed by atoms with van der Waals surface area (Å²) in [6.45, 7) is 4.88. The van der Waals surface area contributed by atoms with Crippen molar-refractivity contribution in [2.75, 3.05) is 27.3 Å². The van der Waals surface area contributed by atoms with Gasteiger partial charge in [0.05, 0.1) is 19.1 Å². The summed E-state index contributed by atoms with van der Waals surface area (Å²) in [5.74, 6) is 0.924. The number of halogens is 1. The smallest absolute Gasteiger partial charge is 0.243 e. The molecule has 1 aliphatic heterocycles. The van der Waals surface area contributed by atoms with Crippen LogP contribution < -0.4 is 14.8 Å². The van der Waals surface area contributed by atoms with Gasteiger partial charge >= 0.3 is 0 Å². The fourth-order valence-electron chi connectivity index (χ4n) is 2.60. The quantitative estimate of drug-likeness (QED) is 0.891. The highest BCUT2D eigenvalue weighted by atomic mass is 35.5. The molecule has 126 valence electrons. The van der Waals surface area contributed by atoms with E-state index >= 15 is 0 Å². The number of nitrogens with one attached hydrogen (secondary N) is 1. The molecule has 0 radical (unpaired) electrons. The van der Waals surface area contributed by atoms with Gasteiger partial charge in [-0.05, 0) is 26.0 Å². The van der Waals surface area contributed by atoms with Gasteiger partial charge in [0, 0.05) is 31.2 Å². The first kappa shape index (κ1) is 19.0. The van der Waals surface area contributed by atoms with E-state index in [4.69, 9.17) is 9.47 Å². The first-order valence-corrected chi connectivity index (χ1v) is 8.30. The van der Waals surface area contributed by atoms with Crippen molar-refractivity contribution in [1.29, 1.82) is 0 Å². The summed E-state index contributed by atoms with van der Waals surface area (Å²) in [4.78, 5) is 0.224. The second-order valence-electron chi connectivity index (χ2n) is 5.31. The van der Waals surface area contributed by atoms with E-state index in [1.807, 2.05) is 13.8 Å². The number of nitrogens with zero attached hydrogens (tertiary/aromatic N) is 1. The molecule has 8 heteroatoms. The molecule has 2 atom stereocenters. The minimum absolute atomic E-state index is 0. The molecule has 0 bridgehead atoms. The molecule has 0 spiro atoms. The van der Waals surface area contributed by atoms with Crippen LogP contribution in [0.2, 0.25) is 0 Å². The first-order valence-electron chi connectivity index (χ1n) is 6.86. The van der Waals surface area contributed by atoms with Crippen LogP contribution >= 0.6 is 12.4 Å². The van der Waals surface area contributed by atoms with E-state index in [0.717, 1.165) is 0 Å². The van der Waals surface area contributed by atoms with E-state index in [2.05, 4.69) is 5.32 Å². The van der Waals surface area contributed by atoms with Crippen LogP contribution in [0, 0.1) is 0 Å². The molecule has 2 unspecified atom stereocenters. The van der Waals surface area contributed by atoms with Crippen molar-refractivity contribution in [3.05, 3.63) is 18.2 Å². The van der Waals surface area contributed by atoms with Crippen LogP contribution in [0.3, 0.4) is 0 Å². The number of piperazine rings is 1. The van der Waals surface area contributed by atoms with Crippen molar-refractivity contribution >= 4 is 22.4 Å². The standard InChI is InChI=1S/C14H22N2O4S.ClH/c1-10-8-16(9-11(2)15-10)21(17,18)12-5-6-13(19-3)14(7-12)20-4;/h5-7,10-11,15H,8-9H2,1-4H3;1H. The zero-order chi connectivity index (χ0) is 15.6. The second kappa shape index (κ2) is 7.50. The van der Waals surface area contributed by atoms with Crippen LogP contribution in [0.1, 0.15) is 13.8 Å². The Labute approximate surface area is 138 Å². The van der Waals surface area contributed by atoms with Crippen molar-refractivity contribution in [2.45, 2.75) is 30.8 Å². The van der Waals surface area contributed by atoms with Gasteiger partial charge in [-0.3, -0.25) is 0 Å². The van der Waals surface area contributed by atoms with Crippen molar-refractivity contribution in [3.8, 4) is 11.5 Å². The number of methoxy groups -OCH3 is 2. The maximum absolute atomic E-state index is 12.7. The Morgan fingerprint density at radius 2 is 1.64 bits per heavy atom.